The smallest absolute Gasteiger partial charge is 0.288 e. The quantitative estimate of drug-likeness (QED) is 0.636. The van der Waals surface area contributed by atoms with Gasteiger partial charge in [-0.1, -0.05) is 37.7 Å². The maximum absolute atomic E-state index is 12.6. The van der Waals surface area contributed by atoms with Crippen molar-refractivity contribution in [3.63, 3.8) is 0 Å². The Kier molecular flexibility index (Phi) is 6.96. The van der Waals surface area contributed by atoms with Crippen LogP contribution in [-0.4, -0.2) is 36.1 Å². The van der Waals surface area contributed by atoms with Crippen LogP contribution in [0.4, 0.5) is 8.78 Å². The summed E-state index contributed by atoms with van der Waals surface area (Å²) in [6, 6.07) is 8.90. The van der Waals surface area contributed by atoms with E-state index in [1.807, 2.05) is 0 Å². The predicted molar refractivity (Wildman–Crippen MR) is 98.2 cm³/mol. The summed E-state index contributed by atoms with van der Waals surface area (Å²) >= 11 is 0.444. The van der Waals surface area contributed by atoms with Crippen molar-refractivity contribution in [2.24, 2.45) is 0 Å². The Morgan fingerprint density at radius 3 is 2.23 bits per heavy atom. The van der Waals surface area contributed by atoms with Gasteiger partial charge in [-0.2, -0.15) is 13.1 Å². The third-order valence-corrected chi connectivity index (χ3v) is 6.56. The molecule has 0 aliphatic rings. The highest BCUT2D eigenvalue weighted by molar-refractivity contribution is 7.99. The lowest BCUT2D eigenvalue weighted by Gasteiger charge is -2.19. The highest BCUT2D eigenvalue weighted by atomic mass is 32.2. The number of rotatable bonds is 8. The van der Waals surface area contributed by atoms with E-state index in [1.54, 1.807) is 38.1 Å². The summed E-state index contributed by atoms with van der Waals surface area (Å²) in [7, 11) is -3.67. The molecule has 1 aromatic carbocycles. The van der Waals surface area contributed by atoms with Gasteiger partial charge in [-0.25, -0.2) is 8.42 Å². The van der Waals surface area contributed by atoms with Crippen LogP contribution in [0.3, 0.4) is 0 Å². The minimum atomic E-state index is -3.67. The molecular formula is C17H20F2N2O3S2. The van der Waals surface area contributed by atoms with Gasteiger partial charge in [0.05, 0.1) is 11.4 Å². The summed E-state index contributed by atoms with van der Waals surface area (Å²) in [4.78, 5) is 12.5. The Labute approximate surface area is 155 Å². The van der Waals surface area contributed by atoms with Gasteiger partial charge in [-0.15, -0.1) is 0 Å². The van der Waals surface area contributed by atoms with Crippen LogP contribution in [-0.2, 0) is 16.6 Å². The Balaban J connectivity index is 2.29. The molecule has 0 amide bonds. The second-order valence-corrected chi connectivity index (χ2v) is 8.44. The zero-order valence-corrected chi connectivity index (χ0v) is 16.1. The van der Waals surface area contributed by atoms with Gasteiger partial charge in [0, 0.05) is 30.2 Å². The summed E-state index contributed by atoms with van der Waals surface area (Å²) in [5.74, 6) is -2.49. The maximum Gasteiger partial charge on any atom is 0.288 e. The van der Waals surface area contributed by atoms with E-state index in [1.165, 1.54) is 27.2 Å². The number of aromatic nitrogens is 1. The zero-order chi connectivity index (χ0) is 19.3. The summed E-state index contributed by atoms with van der Waals surface area (Å²) in [6.07, 6.45) is 1.32. The molecule has 0 aliphatic heterocycles. The predicted octanol–water partition coefficient (Wildman–Crippen LogP) is 3.24. The second kappa shape index (κ2) is 8.79. The van der Waals surface area contributed by atoms with Gasteiger partial charge in [-0.3, -0.25) is 4.79 Å². The standard InChI is InChI=1S/C17H20F2N2O3S2/c1-3-21(4-2)26(23,24)15-9-10-16(22)20(12-15)11-13-5-7-14(8-6-13)25-17(18)19/h5-10,12,17H,3-4,11H2,1-2H3. The highest BCUT2D eigenvalue weighted by Gasteiger charge is 2.22. The summed E-state index contributed by atoms with van der Waals surface area (Å²) < 4.78 is 52.5. The van der Waals surface area contributed by atoms with Gasteiger partial charge in [-0.05, 0) is 23.8 Å². The van der Waals surface area contributed by atoms with Crippen molar-refractivity contribution in [1.82, 2.24) is 8.87 Å². The third-order valence-electron chi connectivity index (χ3n) is 3.80. The van der Waals surface area contributed by atoms with Crippen LogP contribution >= 0.6 is 11.8 Å². The number of pyridine rings is 1. The Morgan fingerprint density at radius 2 is 1.69 bits per heavy atom. The van der Waals surface area contributed by atoms with Crippen molar-refractivity contribution < 1.29 is 17.2 Å². The number of benzene rings is 1. The van der Waals surface area contributed by atoms with Gasteiger partial charge in [0.25, 0.3) is 11.3 Å². The Morgan fingerprint density at radius 1 is 1.08 bits per heavy atom. The number of sulfonamides is 1. The van der Waals surface area contributed by atoms with Crippen molar-refractivity contribution in [3.05, 3.63) is 58.5 Å². The summed E-state index contributed by atoms with van der Waals surface area (Å²) in [5.41, 5.74) is 0.373. The van der Waals surface area contributed by atoms with E-state index in [0.717, 1.165) is 0 Å². The Hall–Kier alpha value is -1.71. The monoisotopic (exact) mass is 402 g/mol. The van der Waals surface area contributed by atoms with E-state index in [0.29, 0.717) is 35.3 Å². The van der Waals surface area contributed by atoms with Crippen molar-refractivity contribution in [3.8, 4) is 0 Å². The second-order valence-electron chi connectivity index (χ2n) is 5.44. The molecule has 0 saturated carbocycles. The average molecular weight is 402 g/mol. The molecule has 0 spiro atoms. The molecule has 2 rings (SSSR count). The molecule has 5 nitrogen and oxygen atoms in total. The highest BCUT2D eigenvalue weighted by Crippen LogP contribution is 2.25. The molecule has 0 unspecified atom stereocenters. The van der Waals surface area contributed by atoms with Crippen LogP contribution in [0, 0.1) is 0 Å². The zero-order valence-electron chi connectivity index (χ0n) is 14.4. The van der Waals surface area contributed by atoms with Gasteiger partial charge in [0.15, 0.2) is 0 Å². The SMILES string of the molecule is CCN(CC)S(=O)(=O)c1ccc(=O)n(Cc2ccc(SC(F)F)cc2)c1. The Bertz CT molecular complexity index is 893. The lowest BCUT2D eigenvalue weighted by Crippen LogP contribution is -2.32. The first kappa shape index (κ1) is 20.6. The molecule has 0 radical (unpaired) electrons. The fourth-order valence-electron chi connectivity index (χ4n) is 2.47. The van der Waals surface area contributed by atoms with Gasteiger partial charge >= 0.3 is 0 Å². The van der Waals surface area contributed by atoms with Crippen molar-refractivity contribution in [2.45, 2.75) is 35.9 Å². The normalized spacial score (nSPS) is 12.1. The number of thioether (sulfide) groups is 1. The summed E-state index contributed by atoms with van der Waals surface area (Å²) in [5, 5.41) is 0. The largest absolute Gasteiger partial charge is 0.310 e. The lowest BCUT2D eigenvalue weighted by molar-refractivity contribution is 0.252. The van der Waals surface area contributed by atoms with Crippen LogP contribution in [0.15, 0.2) is 57.2 Å². The van der Waals surface area contributed by atoms with Crippen LogP contribution in [0.1, 0.15) is 19.4 Å². The first-order valence-corrected chi connectivity index (χ1v) is 10.3. The molecule has 142 valence electrons. The number of alkyl halides is 2. The lowest BCUT2D eigenvalue weighted by atomic mass is 10.2. The molecule has 1 heterocycles. The van der Waals surface area contributed by atoms with E-state index >= 15 is 0 Å². The van der Waals surface area contributed by atoms with Crippen molar-refractivity contribution in [2.75, 3.05) is 13.1 Å². The number of hydrogen-bond acceptors (Lipinski definition) is 4. The molecule has 2 aromatic rings. The van der Waals surface area contributed by atoms with Gasteiger partial charge in [0.2, 0.25) is 10.0 Å². The minimum absolute atomic E-state index is 0.0469. The van der Waals surface area contributed by atoms with E-state index in [2.05, 4.69) is 0 Å². The van der Waals surface area contributed by atoms with Crippen molar-refractivity contribution >= 4 is 21.8 Å². The van der Waals surface area contributed by atoms with Crippen LogP contribution in [0.5, 0.6) is 0 Å². The van der Waals surface area contributed by atoms with Crippen LogP contribution in [0.25, 0.3) is 0 Å². The first-order chi connectivity index (χ1) is 12.3. The van der Waals surface area contributed by atoms with Crippen LogP contribution in [0.2, 0.25) is 0 Å². The first-order valence-electron chi connectivity index (χ1n) is 8.02. The number of nitrogens with zero attached hydrogens (tertiary/aromatic N) is 2. The molecule has 1 aromatic heterocycles. The third kappa shape index (κ3) is 4.93. The molecule has 0 atom stereocenters. The molecule has 26 heavy (non-hydrogen) atoms. The van der Waals surface area contributed by atoms with E-state index < -0.39 is 15.8 Å². The molecule has 0 saturated heterocycles. The number of halogens is 2. The van der Waals surface area contributed by atoms with E-state index in [9.17, 15) is 22.0 Å². The topological polar surface area (TPSA) is 59.4 Å². The number of hydrogen-bond donors (Lipinski definition) is 0. The van der Waals surface area contributed by atoms with Gasteiger partial charge in [0.1, 0.15) is 0 Å². The molecule has 9 heteroatoms. The molecule has 0 N–H and O–H groups in total. The minimum Gasteiger partial charge on any atom is -0.310 e. The fraction of sp³-hybridized carbons (Fsp3) is 0.353. The maximum atomic E-state index is 12.6. The van der Waals surface area contributed by atoms with E-state index in [-0.39, 0.29) is 17.0 Å². The van der Waals surface area contributed by atoms with Gasteiger partial charge < -0.3 is 4.57 Å². The molecule has 0 fully saturated rings. The molecular weight excluding hydrogens is 382 g/mol. The molecule has 0 aliphatic carbocycles. The van der Waals surface area contributed by atoms with Crippen molar-refractivity contribution in [1.29, 1.82) is 0 Å². The molecule has 0 bridgehead atoms. The average Bonchev–Trinajstić information content (AvgIpc) is 2.58. The van der Waals surface area contributed by atoms with Crippen LogP contribution < -0.4 is 5.56 Å². The van der Waals surface area contributed by atoms with E-state index in [4.69, 9.17) is 0 Å². The fourth-order valence-corrected chi connectivity index (χ4v) is 4.45. The summed E-state index contributed by atoms with van der Waals surface area (Å²) in [6.45, 7) is 4.31.